The minimum Gasteiger partial charge on any atom is -0.494 e. The number of nitrogens with zero attached hydrogens (tertiary/aromatic N) is 2. The largest absolute Gasteiger partial charge is 0.527 e. The van der Waals surface area contributed by atoms with E-state index >= 15 is 0 Å². The summed E-state index contributed by atoms with van der Waals surface area (Å²) in [5.74, 6) is 1.16. The van der Waals surface area contributed by atoms with E-state index in [1.807, 2.05) is 0 Å². The van der Waals surface area contributed by atoms with Crippen LogP contribution in [0.5, 0.6) is 11.5 Å². The lowest BCUT2D eigenvalue weighted by molar-refractivity contribution is -0.564. The monoisotopic (exact) mass is 696 g/mol. The summed E-state index contributed by atoms with van der Waals surface area (Å²) in [7, 11) is 0. The first kappa shape index (κ1) is 39.0. The third-order valence-electron chi connectivity index (χ3n) is 5.18. The van der Waals surface area contributed by atoms with Crippen molar-refractivity contribution in [3.8, 4) is 22.9 Å². The first-order valence-corrected chi connectivity index (χ1v) is 12.9. The summed E-state index contributed by atoms with van der Waals surface area (Å²) >= 11 is 0. The van der Waals surface area contributed by atoms with E-state index in [0.717, 1.165) is 19.3 Å². The molecule has 0 aliphatic carbocycles. The standard InChI is InChI=1S/C25H25F13N2O6/c1-2-3-4-11-43-18-13-39-19(40-14-18)16-6-8-17(9-7-16)42-12-5-10-41-15-20(26,27)44-21(28,29)22(30,31)45-23(32,33)24(34,35)46-25(36,37)38/h6-9,13-14H,2-5,10-12,15H2,1H3. The second-order valence-electron chi connectivity index (χ2n) is 9.03. The highest BCUT2D eigenvalue weighted by atomic mass is 19.4. The molecule has 0 fully saturated rings. The number of halogens is 13. The molecular formula is C25H25F13N2O6. The summed E-state index contributed by atoms with van der Waals surface area (Å²) in [6, 6.07) is 6.22. The third-order valence-corrected chi connectivity index (χ3v) is 5.18. The lowest BCUT2D eigenvalue weighted by Gasteiger charge is -2.33. The Morgan fingerprint density at radius 1 is 0.565 bits per heavy atom. The van der Waals surface area contributed by atoms with Crippen LogP contribution in [0.4, 0.5) is 57.1 Å². The van der Waals surface area contributed by atoms with Gasteiger partial charge in [-0.2, -0.15) is 43.9 Å². The lowest BCUT2D eigenvalue weighted by Crippen LogP contribution is -2.57. The highest BCUT2D eigenvalue weighted by molar-refractivity contribution is 5.56. The van der Waals surface area contributed by atoms with Gasteiger partial charge >= 0.3 is 36.9 Å². The molecular weight excluding hydrogens is 671 g/mol. The van der Waals surface area contributed by atoms with Gasteiger partial charge in [-0.1, -0.05) is 19.8 Å². The molecule has 0 atom stereocenters. The Bertz CT molecular complexity index is 1200. The van der Waals surface area contributed by atoms with Crippen molar-refractivity contribution in [2.75, 3.05) is 26.4 Å². The molecule has 8 nitrogen and oxygen atoms in total. The van der Waals surface area contributed by atoms with Crippen LogP contribution in [0.15, 0.2) is 36.7 Å². The molecule has 0 N–H and O–H groups in total. The SMILES string of the molecule is CCCCCOc1cnc(-c2ccc(OCCCOCC(F)(F)OC(F)(F)C(F)(F)OC(F)(F)C(F)(F)OC(F)(F)F)cc2)nc1. The van der Waals surface area contributed by atoms with E-state index in [9.17, 15) is 57.1 Å². The molecule has 0 amide bonds. The van der Waals surface area contributed by atoms with Gasteiger partial charge in [-0.25, -0.2) is 24.2 Å². The van der Waals surface area contributed by atoms with E-state index in [-0.39, 0.29) is 18.8 Å². The molecule has 21 heteroatoms. The van der Waals surface area contributed by atoms with Gasteiger partial charge in [0.05, 0.1) is 32.2 Å². The Morgan fingerprint density at radius 3 is 1.61 bits per heavy atom. The number of rotatable bonds is 20. The first-order chi connectivity index (χ1) is 21.1. The van der Waals surface area contributed by atoms with Gasteiger partial charge in [-0.15, -0.1) is 13.2 Å². The van der Waals surface area contributed by atoms with Gasteiger partial charge < -0.3 is 14.2 Å². The van der Waals surface area contributed by atoms with Crippen molar-refractivity contribution in [2.45, 2.75) is 69.5 Å². The molecule has 1 heterocycles. The second kappa shape index (κ2) is 15.6. The number of aromatic nitrogens is 2. The maximum Gasteiger partial charge on any atom is 0.527 e. The smallest absolute Gasteiger partial charge is 0.494 e. The predicted octanol–water partition coefficient (Wildman–Crippen LogP) is 8.03. The summed E-state index contributed by atoms with van der Waals surface area (Å²) in [6.07, 6.45) is -34.1. The molecule has 0 saturated heterocycles. The van der Waals surface area contributed by atoms with E-state index in [1.165, 1.54) is 24.5 Å². The molecule has 2 aromatic rings. The van der Waals surface area contributed by atoms with Crippen LogP contribution in [0.3, 0.4) is 0 Å². The fourth-order valence-corrected chi connectivity index (χ4v) is 3.09. The lowest BCUT2D eigenvalue weighted by atomic mass is 10.2. The first-order valence-electron chi connectivity index (χ1n) is 12.9. The normalized spacial score (nSPS) is 13.6. The van der Waals surface area contributed by atoms with E-state index in [2.05, 4.69) is 26.4 Å². The molecule has 46 heavy (non-hydrogen) atoms. The number of hydrogen-bond acceptors (Lipinski definition) is 8. The van der Waals surface area contributed by atoms with Crippen molar-refractivity contribution in [1.82, 2.24) is 9.97 Å². The van der Waals surface area contributed by atoms with Crippen molar-refractivity contribution in [1.29, 1.82) is 0 Å². The van der Waals surface area contributed by atoms with Crippen molar-refractivity contribution in [3.05, 3.63) is 36.7 Å². The van der Waals surface area contributed by atoms with E-state index < -0.39 is 50.1 Å². The van der Waals surface area contributed by atoms with Crippen molar-refractivity contribution in [2.24, 2.45) is 0 Å². The number of benzene rings is 1. The summed E-state index contributed by atoms with van der Waals surface area (Å²) < 4.78 is 189. The van der Waals surface area contributed by atoms with Gasteiger partial charge in [0.1, 0.15) is 12.4 Å². The van der Waals surface area contributed by atoms with Gasteiger partial charge in [-0.3, -0.25) is 0 Å². The summed E-state index contributed by atoms with van der Waals surface area (Å²) in [6.45, 7) is -0.463. The fourth-order valence-electron chi connectivity index (χ4n) is 3.09. The molecule has 0 saturated carbocycles. The summed E-state index contributed by atoms with van der Waals surface area (Å²) in [5.41, 5.74) is 0.607. The van der Waals surface area contributed by atoms with Crippen LogP contribution in [0, 0.1) is 0 Å². The van der Waals surface area contributed by atoms with Gasteiger partial charge in [-0.05, 0) is 30.7 Å². The number of hydrogen-bond donors (Lipinski definition) is 0. The maximum atomic E-state index is 13.6. The second-order valence-corrected chi connectivity index (χ2v) is 9.03. The maximum absolute atomic E-state index is 13.6. The Balaban J connectivity index is 1.79. The molecule has 2 rings (SSSR count). The molecule has 1 aromatic heterocycles. The average molecular weight is 696 g/mol. The number of alkyl halides is 13. The van der Waals surface area contributed by atoms with Gasteiger partial charge in [0.15, 0.2) is 11.6 Å². The minimum atomic E-state index is -7.10. The number of ether oxygens (including phenoxy) is 6. The Morgan fingerprint density at radius 2 is 1.07 bits per heavy atom. The van der Waals surface area contributed by atoms with Crippen LogP contribution in [0.1, 0.15) is 32.6 Å². The Labute approximate surface area is 251 Å². The summed E-state index contributed by atoms with van der Waals surface area (Å²) in [5, 5.41) is 0. The minimum absolute atomic E-state index is 0.184. The van der Waals surface area contributed by atoms with Crippen molar-refractivity contribution < 1.29 is 85.5 Å². The molecule has 0 aliphatic rings. The topological polar surface area (TPSA) is 81.2 Å². The van der Waals surface area contributed by atoms with Gasteiger partial charge in [0.2, 0.25) is 0 Å². The van der Waals surface area contributed by atoms with Crippen LogP contribution in [-0.4, -0.2) is 73.3 Å². The average Bonchev–Trinajstić information content (AvgIpc) is 2.91. The zero-order valence-electron chi connectivity index (χ0n) is 23.4. The van der Waals surface area contributed by atoms with Crippen LogP contribution in [0.25, 0.3) is 11.4 Å². The quantitative estimate of drug-likeness (QED) is 0.102. The Hall–Kier alpha value is -3.17. The molecule has 0 bridgehead atoms. The molecule has 0 aliphatic heterocycles. The zero-order valence-corrected chi connectivity index (χ0v) is 23.4. The molecule has 0 unspecified atom stereocenters. The van der Waals surface area contributed by atoms with Crippen LogP contribution >= 0.6 is 0 Å². The zero-order chi connectivity index (χ0) is 34.9. The van der Waals surface area contributed by atoms with E-state index in [0.29, 0.717) is 23.7 Å². The summed E-state index contributed by atoms with van der Waals surface area (Å²) in [4.78, 5) is 8.40. The Kier molecular flexibility index (Phi) is 13.2. The van der Waals surface area contributed by atoms with Gasteiger partial charge in [0, 0.05) is 12.0 Å². The van der Waals surface area contributed by atoms with Crippen molar-refractivity contribution >= 4 is 0 Å². The van der Waals surface area contributed by atoms with E-state index in [1.54, 1.807) is 21.6 Å². The van der Waals surface area contributed by atoms with E-state index in [4.69, 9.17) is 9.47 Å². The van der Waals surface area contributed by atoms with Crippen LogP contribution in [0.2, 0.25) is 0 Å². The van der Waals surface area contributed by atoms with Gasteiger partial charge in [0.25, 0.3) is 0 Å². The molecule has 262 valence electrons. The highest BCUT2D eigenvalue weighted by Gasteiger charge is 2.74. The highest BCUT2D eigenvalue weighted by Crippen LogP contribution is 2.48. The third kappa shape index (κ3) is 12.2. The number of unbranched alkanes of at least 4 members (excludes halogenated alkanes) is 2. The molecule has 1 aromatic carbocycles. The predicted molar refractivity (Wildman–Crippen MR) is 127 cm³/mol. The molecule has 0 radical (unpaired) electrons. The van der Waals surface area contributed by atoms with Crippen LogP contribution < -0.4 is 9.47 Å². The molecule has 0 spiro atoms. The fraction of sp³-hybridized carbons (Fsp3) is 0.600. The van der Waals surface area contributed by atoms with Crippen LogP contribution in [-0.2, 0) is 18.9 Å². The van der Waals surface area contributed by atoms with Crippen molar-refractivity contribution in [3.63, 3.8) is 0 Å².